The van der Waals surface area contributed by atoms with E-state index in [0.29, 0.717) is 0 Å². The number of rotatable bonds is 5. The summed E-state index contributed by atoms with van der Waals surface area (Å²) in [6.07, 6.45) is 2.80. The summed E-state index contributed by atoms with van der Waals surface area (Å²) in [5.41, 5.74) is 0.242. The molecule has 0 aliphatic heterocycles. The molecule has 8 heteroatoms. The Morgan fingerprint density at radius 1 is 1.19 bits per heavy atom. The largest absolute Gasteiger partial charge is 0.473 e. The zero-order valence-electron chi connectivity index (χ0n) is 11.4. The first-order valence-corrected chi connectivity index (χ1v) is 8.01. The molecule has 2 aromatic rings. The van der Waals surface area contributed by atoms with Gasteiger partial charge in [0.05, 0.1) is 6.10 Å². The summed E-state index contributed by atoms with van der Waals surface area (Å²) in [4.78, 5) is 7.67. The molecule has 0 fully saturated rings. The summed E-state index contributed by atoms with van der Waals surface area (Å²) in [6, 6.07) is 6.04. The van der Waals surface area contributed by atoms with Crippen molar-refractivity contribution >= 4 is 27.3 Å². The Bertz CT molecular complexity index is 735. The van der Waals surface area contributed by atoms with E-state index in [0.717, 1.165) is 0 Å². The molecule has 0 saturated carbocycles. The van der Waals surface area contributed by atoms with Crippen molar-refractivity contribution in [3.05, 3.63) is 41.8 Å². The number of anilines is 1. The van der Waals surface area contributed by atoms with Gasteiger partial charge in [0.2, 0.25) is 5.88 Å². The van der Waals surface area contributed by atoms with Crippen LogP contribution in [0.4, 0.5) is 5.69 Å². The van der Waals surface area contributed by atoms with Gasteiger partial charge in [0.1, 0.15) is 15.7 Å². The lowest BCUT2D eigenvalue weighted by atomic mass is 10.4. The van der Waals surface area contributed by atoms with Gasteiger partial charge in [-0.05, 0) is 38.1 Å². The summed E-state index contributed by atoms with van der Waals surface area (Å²) in [6.45, 7) is 3.65. The third kappa shape index (κ3) is 3.83. The molecule has 2 aromatic heterocycles. The van der Waals surface area contributed by atoms with Gasteiger partial charge in [-0.3, -0.25) is 4.72 Å². The average Bonchev–Trinajstić information content (AvgIpc) is 2.40. The number of sulfonamides is 1. The van der Waals surface area contributed by atoms with Crippen LogP contribution in [0.25, 0.3) is 0 Å². The van der Waals surface area contributed by atoms with Crippen LogP contribution in [-0.2, 0) is 10.0 Å². The predicted molar refractivity (Wildman–Crippen MR) is 80.1 cm³/mol. The summed E-state index contributed by atoms with van der Waals surface area (Å²) in [7, 11) is -3.87. The molecule has 0 amide bonds. The molecule has 0 radical (unpaired) electrons. The molecule has 2 heterocycles. The second kappa shape index (κ2) is 6.28. The molecular formula is C13H14ClN3O3S. The van der Waals surface area contributed by atoms with Crippen molar-refractivity contribution in [2.24, 2.45) is 0 Å². The number of aromatic nitrogens is 2. The van der Waals surface area contributed by atoms with E-state index < -0.39 is 10.0 Å². The fraction of sp³-hybridized carbons (Fsp3) is 0.231. The zero-order valence-corrected chi connectivity index (χ0v) is 13.0. The monoisotopic (exact) mass is 327 g/mol. The molecule has 0 unspecified atom stereocenters. The van der Waals surface area contributed by atoms with Crippen molar-refractivity contribution in [1.29, 1.82) is 0 Å². The fourth-order valence-corrected chi connectivity index (χ4v) is 3.07. The van der Waals surface area contributed by atoms with Gasteiger partial charge < -0.3 is 4.74 Å². The highest BCUT2D eigenvalue weighted by atomic mass is 35.5. The Balaban J connectivity index is 2.36. The molecule has 0 saturated heterocycles. The normalized spacial score (nSPS) is 11.4. The van der Waals surface area contributed by atoms with Gasteiger partial charge in [-0.1, -0.05) is 11.6 Å². The van der Waals surface area contributed by atoms with Gasteiger partial charge in [0.15, 0.2) is 0 Å². The quantitative estimate of drug-likeness (QED) is 0.854. The summed E-state index contributed by atoms with van der Waals surface area (Å²) in [5, 5.41) is -0.0970. The lowest BCUT2D eigenvalue weighted by Gasteiger charge is -2.14. The Kier molecular flexibility index (Phi) is 4.64. The Morgan fingerprint density at radius 3 is 2.52 bits per heavy atom. The van der Waals surface area contributed by atoms with E-state index >= 15 is 0 Å². The lowest BCUT2D eigenvalue weighted by molar-refractivity contribution is 0.234. The van der Waals surface area contributed by atoms with E-state index in [2.05, 4.69) is 14.7 Å². The third-order valence-electron chi connectivity index (χ3n) is 2.38. The fourth-order valence-electron chi connectivity index (χ4n) is 1.56. The maximum Gasteiger partial charge on any atom is 0.265 e. The third-order valence-corrected chi connectivity index (χ3v) is 4.19. The maximum atomic E-state index is 12.3. The lowest BCUT2D eigenvalue weighted by Crippen LogP contribution is -2.16. The van der Waals surface area contributed by atoms with Crippen molar-refractivity contribution in [2.45, 2.75) is 24.8 Å². The molecule has 0 aliphatic rings. The highest BCUT2D eigenvalue weighted by molar-refractivity contribution is 7.92. The molecule has 2 rings (SSSR count). The Labute approximate surface area is 128 Å². The minimum Gasteiger partial charge on any atom is -0.473 e. The van der Waals surface area contributed by atoms with Crippen LogP contribution < -0.4 is 9.46 Å². The highest BCUT2D eigenvalue weighted by Crippen LogP contribution is 2.26. The van der Waals surface area contributed by atoms with Crippen molar-refractivity contribution in [3.63, 3.8) is 0 Å². The number of hydrogen-bond donors (Lipinski definition) is 1. The number of pyridine rings is 2. The molecular weight excluding hydrogens is 314 g/mol. The minimum atomic E-state index is -3.87. The molecule has 0 bridgehead atoms. The van der Waals surface area contributed by atoms with Crippen LogP contribution in [-0.4, -0.2) is 24.5 Å². The number of hydrogen-bond acceptors (Lipinski definition) is 5. The minimum absolute atomic E-state index is 0.0970. The SMILES string of the molecule is CC(C)Oc1ncccc1NS(=O)(=O)c1cccnc1Cl. The molecule has 112 valence electrons. The average molecular weight is 328 g/mol. The van der Waals surface area contributed by atoms with Crippen LogP contribution in [0.2, 0.25) is 5.15 Å². The first-order valence-electron chi connectivity index (χ1n) is 6.15. The highest BCUT2D eigenvalue weighted by Gasteiger charge is 2.20. The number of ether oxygens (including phenoxy) is 1. The van der Waals surface area contributed by atoms with Crippen molar-refractivity contribution < 1.29 is 13.2 Å². The van der Waals surface area contributed by atoms with E-state index in [1.807, 2.05) is 13.8 Å². The van der Waals surface area contributed by atoms with Crippen molar-refractivity contribution in [1.82, 2.24) is 9.97 Å². The maximum absolute atomic E-state index is 12.3. The van der Waals surface area contributed by atoms with Gasteiger partial charge in [0.25, 0.3) is 10.0 Å². The second-order valence-electron chi connectivity index (χ2n) is 4.42. The van der Waals surface area contributed by atoms with Gasteiger partial charge in [-0.15, -0.1) is 0 Å². The van der Waals surface area contributed by atoms with Crippen LogP contribution in [0.1, 0.15) is 13.8 Å². The van der Waals surface area contributed by atoms with Crippen LogP contribution in [0.15, 0.2) is 41.6 Å². The first-order chi connectivity index (χ1) is 9.90. The number of halogens is 1. The number of nitrogens with zero attached hydrogens (tertiary/aromatic N) is 2. The van der Waals surface area contributed by atoms with Crippen LogP contribution in [0, 0.1) is 0 Å². The molecule has 6 nitrogen and oxygen atoms in total. The summed E-state index contributed by atoms with van der Waals surface area (Å²) < 4.78 is 32.6. The van der Waals surface area contributed by atoms with E-state index in [1.54, 1.807) is 12.1 Å². The number of nitrogens with one attached hydrogen (secondary N) is 1. The molecule has 0 aromatic carbocycles. The van der Waals surface area contributed by atoms with E-state index in [1.165, 1.54) is 24.5 Å². The van der Waals surface area contributed by atoms with E-state index in [9.17, 15) is 8.42 Å². The summed E-state index contributed by atoms with van der Waals surface area (Å²) in [5.74, 6) is 0.205. The van der Waals surface area contributed by atoms with Gasteiger partial charge in [-0.25, -0.2) is 18.4 Å². The topological polar surface area (TPSA) is 81.2 Å². The standard InChI is InChI=1S/C13H14ClN3O3S/c1-9(2)20-13-10(5-3-8-16-13)17-21(18,19)11-6-4-7-15-12(11)14/h3-9,17H,1-2H3. The van der Waals surface area contributed by atoms with E-state index in [4.69, 9.17) is 16.3 Å². The zero-order chi connectivity index (χ0) is 15.5. The molecule has 0 aliphatic carbocycles. The Morgan fingerprint density at radius 2 is 1.86 bits per heavy atom. The predicted octanol–water partition coefficient (Wildman–Crippen LogP) is 2.72. The van der Waals surface area contributed by atoms with Crippen LogP contribution in [0.3, 0.4) is 0 Å². The van der Waals surface area contributed by atoms with Crippen LogP contribution >= 0.6 is 11.6 Å². The van der Waals surface area contributed by atoms with Gasteiger partial charge >= 0.3 is 0 Å². The van der Waals surface area contributed by atoms with Crippen molar-refractivity contribution in [2.75, 3.05) is 4.72 Å². The second-order valence-corrected chi connectivity index (χ2v) is 6.43. The Hall–Kier alpha value is -1.86. The van der Waals surface area contributed by atoms with Crippen LogP contribution in [0.5, 0.6) is 5.88 Å². The molecule has 0 atom stereocenters. The molecule has 1 N–H and O–H groups in total. The van der Waals surface area contributed by atoms with Gasteiger partial charge in [-0.2, -0.15) is 0 Å². The smallest absolute Gasteiger partial charge is 0.265 e. The molecule has 0 spiro atoms. The summed E-state index contributed by atoms with van der Waals surface area (Å²) >= 11 is 5.82. The van der Waals surface area contributed by atoms with Gasteiger partial charge in [0, 0.05) is 12.4 Å². The van der Waals surface area contributed by atoms with E-state index in [-0.39, 0.29) is 27.7 Å². The molecule has 21 heavy (non-hydrogen) atoms. The van der Waals surface area contributed by atoms with Crippen molar-refractivity contribution in [3.8, 4) is 5.88 Å². The first kappa shape index (κ1) is 15.5.